The minimum atomic E-state index is -1.38. The molecule has 6 N–H and O–H groups in total. The maximum absolute atomic E-state index is 11.9. The molecule has 0 rings (SSSR count). The molecule has 0 saturated heterocycles. The molecule has 0 bridgehead atoms. The molecule has 0 radical (unpaired) electrons. The molecule has 9 heteroatoms. The van der Waals surface area contributed by atoms with Gasteiger partial charge in [-0.3, -0.25) is 4.79 Å². The fraction of sp³-hybridized carbons (Fsp3) is 0.571. The number of ether oxygens (including phenoxy) is 1. The zero-order valence-corrected chi connectivity index (χ0v) is 13.6. The fourth-order valence-electron chi connectivity index (χ4n) is 1.48. The van der Waals surface area contributed by atoms with Crippen LogP contribution in [0.25, 0.3) is 0 Å². The average molecular weight is 348 g/mol. The highest BCUT2D eigenvalue weighted by molar-refractivity contribution is 7.80. The number of rotatable bonds is 12. The first-order valence-electron chi connectivity index (χ1n) is 6.98. The van der Waals surface area contributed by atoms with E-state index >= 15 is 0 Å². The smallest absolute Gasteiger partial charge is 0.328 e. The summed E-state index contributed by atoms with van der Waals surface area (Å²) in [6.45, 7) is 2.51. The predicted octanol–water partition coefficient (Wildman–Crippen LogP) is -0.967. The Balaban J connectivity index is 4.76. The topological polar surface area (TPSA) is 142 Å². The first-order chi connectivity index (χ1) is 10.8. The van der Waals surface area contributed by atoms with Gasteiger partial charge in [0.15, 0.2) is 0 Å². The van der Waals surface area contributed by atoms with Gasteiger partial charge in [-0.15, -0.1) is 0 Å². The molecular formula is C14H24N2O6S. The first kappa shape index (κ1) is 21.4. The van der Waals surface area contributed by atoms with Crippen LogP contribution < -0.4 is 11.1 Å². The molecule has 23 heavy (non-hydrogen) atoms. The molecule has 3 atom stereocenters. The third-order valence-electron chi connectivity index (χ3n) is 2.76. The number of allylic oxidation sites excluding steroid dienone is 1. The van der Waals surface area contributed by atoms with Gasteiger partial charge in [0, 0.05) is 0 Å². The standard InChI is InChI=1S/C14H24N2O6S/c1-9(11(15)7-17)22-10(4-2-3-5-23)6-13(19)16-12(8-18)14(20)21/h2,4,10-12,17-18,23H,1,3,5-8,15H2,(H,16,19)(H,20,21)/b4-2+/t10?,11?,12-/m1/s1. The number of hydrogen-bond acceptors (Lipinski definition) is 7. The molecule has 0 aromatic rings. The summed E-state index contributed by atoms with van der Waals surface area (Å²) in [4.78, 5) is 22.6. The van der Waals surface area contributed by atoms with Crippen LogP contribution in [0.1, 0.15) is 12.8 Å². The van der Waals surface area contributed by atoms with Crippen LogP contribution in [0.4, 0.5) is 0 Å². The highest BCUT2D eigenvalue weighted by Crippen LogP contribution is 2.10. The number of nitrogens with one attached hydrogen (secondary N) is 1. The van der Waals surface area contributed by atoms with Gasteiger partial charge in [-0.1, -0.05) is 12.7 Å². The number of carbonyl (C=O) groups excluding carboxylic acids is 1. The molecule has 2 unspecified atom stereocenters. The maximum Gasteiger partial charge on any atom is 0.328 e. The second kappa shape index (κ2) is 11.9. The lowest BCUT2D eigenvalue weighted by atomic mass is 10.2. The third kappa shape index (κ3) is 9.24. The van der Waals surface area contributed by atoms with Gasteiger partial charge in [-0.2, -0.15) is 12.6 Å². The quantitative estimate of drug-likeness (QED) is 0.151. The summed E-state index contributed by atoms with van der Waals surface area (Å²) in [6, 6.07) is -2.17. The van der Waals surface area contributed by atoms with Gasteiger partial charge < -0.3 is 31.1 Å². The predicted molar refractivity (Wildman–Crippen MR) is 88.0 cm³/mol. The SMILES string of the molecule is C=C(OC(/C=C/CCS)CC(=O)N[C@H](CO)C(=O)O)C(N)CO. The van der Waals surface area contributed by atoms with Crippen molar-refractivity contribution in [3.05, 3.63) is 24.5 Å². The number of thiol groups is 1. The molecule has 0 aliphatic carbocycles. The average Bonchev–Trinajstić information content (AvgIpc) is 2.51. The fourth-order valence-corrected chi connectivity index (χ4v) is 1.63. The summed E-state index contributed by atoms with van der Waals surface area (Å²) >= 11 is 4.06. The van der Waals surface area contributed by atoms with Gasteiger partial charge in [0.25, 0.3) is 0 Å². The highest BCUT2D eigenvalue weighted by atomic mass is 32.1. The molecule has 132 valence electrons. The Bertz CT molecular complexity index is 429. The number of carboxylic acid groups (broad SMARTS) is 1. The number of hydrogen-bond donors (Lipinski definition) is 6. The van der Waals surface area contributed by atoms with Crippen LogP contribution in [0, 0.1) is 0 Å². The van der Waals surface area contributed by atoms with Gasteiger partial charge in [-0.05, 0) is 18.2 Å². The van der Waals surface area contributed by atoms with Crippen LogP contribution in [0.3, 0.4) is 0 Å². The molecule has 0 aliphatic heterocycles. The lowest BCUT2D eigenvalue weighted by Gasteiger charge is -2.21. The molecule has 0 aromatic heterocycles. The maximum atomic E-state index is 11.9. The van der Waals surface area contributed by atoms with Gasteiger partial charge in [0.05, 0.1) is 25.7 Å². The van der Waals surface area contributed by atoms with E-state index in [-0.39, 0.29) is 18.8 Å². The van der Waals surface area contributed by atoms with Crippen molar-refractivity contribution in [3.8, 4) is 0 Å². The van der Waals surface area contributed by atoms with E-state index in [0.29, 0.717) is 12.2 Å². The Kier molecular flexibility index (Phi) is 11.1. The van der Waals surface area contributed by atoms with E-state index in [1.807, 2.05) is 0 Å². The monoisotopic (exact) mass is 348 g/mol. The van der Waals surface area contributed by atoms with Crippen LogP contribution in [0.5, 0.6) is 0 Å². The summed E-state index contributed by atoms with van der Waals surface area (Å²) in [6.07, 6.45) is 3.10. The van der Waals surface area contributed by atoms with E-state index in [1.165, 1.54) is 0 Å². The zero-order chi connectivity index (χ0) is 17.8. The number of aliphatic hydroxyl groups excluding tert-OH is 2. The van der Waals surface area contributed by atoms with Crippen molar-refractivity contribution in [3.63, 3.8) is 0 Å². The largest absolute Gasteiger partial charge is 0.489 e. The molecule has 1 amide bonds. The number of amides is 1. The Morgan fingerprint density at radius 1 is 1.35 bits per heavy atom. The van der Waals surface area contributed by atoms with Crippen LogP contribution in [0.15, 0.2) is 24.5 Å². The normalized spacial score (nSPS) is 15.0. The Morgan fingerprint density at radius 2 is 2.00 bits per heavy atom. The van der Waals surface area contributed by atoms with Crippen LogP contribution in [-0.2, 0) is 14.3 Å². The first-order valence-corrected chi connectivity index (χ1v) is 7.61. The van der Waals surface area contributed by atoms with Crippen molar-refractivity contribution in [1.29, 1.82) is 0 Å². The molecule has 8 nitrogen and oxygen atoms in total. The Morgan fingerprint density at radius 3 is 2.48 bits per heavy atom. The van der Waals surface area contributed by atoms with Crippen molar-refractivity contribution in [2.45, 2.75) is 31.0 Å². The van der Waals surface area contributed by atoms with Crippen LogP contribution in [0.2, 0.25) is 0 Å². The Hall–Kier alpha value is -1.55. The number of aliphatic hydroxyl groups is 2. The summed E-state index contributed by atoms with van der Waals surface area (Å²) < 4.78 is 5.43. The van der Waals surface area contributed by atoms with E-state index in [9.17, 15) is 9.59 Å². The molecule has 0 aliphatic rings. The van der Waals surface area contributed by atoms with Gasteiger partial charge in [0.1, 0.15) is 17.9 Å². The number of aliphatic carboxylic acids is 1. The number of carbonyl (C=O) groups is 2. The second-order valence-corrected chi connectivity index (χ2v) is 5.14. The minimum absolute atomic E-state index is 0.109. The molecule has 0 aromatic carbocycles. The number of nitrogens with two attached hydrogens (primary N) is 1. The second-order valence-electron chi connectivity index (χ2n) is 4.70. The van der Waals surface area contributed by atoms with Gasteiger partial charge in [0.2, 0.25) is 5.91 Å². The number of carboxylic acids is 1. The summed E-state index contributed by atoms with van der Waals surface area (Å²) in [5.41, 5.74) is 5.57. The minimum Gasteiger partial charge on any atom is -0.489 e. The highest BCUT2D eigenvalue weighted by Gasteiger charge is 2.22. The molecule has 0 spiro atoms. The lowest BCUT2D eigenvalue weighted by Crippen LogP contribution is -2.44. The van der Waals surface area contributed by atoms with E-state index in [4.69, 9.17) is 25.8 Å². The zero-order valence-electron chi connectivity index (χ0n) is 12.7. The summed E-state index contributed by atoms with van der Waals surface area (Å²) in [5.74, 6) is -1.23. The van der Waals surface area contributed by atoms with E-state index in [2.05, 4.69) is 24.5 Å². The van der Waals surface area contributed by atoms with E-state index < -0.39 is 36.7 Å². The van der Waals surface area contributed by atoms with E-state index in [1.54, 1.807) is 12.2 Å². The van der Waals surface area contributed by atoms with Gasteiger partial charge >= 0.3 is 5.97 Å². The van der Waals surface area contributed by atoms with Crippen molar-refractivity contribution >= 4 is 24.5 Å². The van der Waals surface area contributed by atoms with Crippen molar-refractivity contribution in [1.82, 2.24) is 5.32 Å². The Labute approximate surface area is 140 Å². The van der Waals surface area contributed by atoms with Crippen molar-refractivity contribution in [2.75, 3.05) is 19.0 Å². The summed E-state index contributed by atoms with van der Waals surface area (Å²) in [5, 5.41) is 28.8. The molecule has 0 fully saturated rings. The van der Waals surface area contributed by atoms with Gasteiger partial charge in [-0.25, -0.2) is 4.79 Å². The van der Waals surface area contributed by atoms with Crippen molar-refractivity contribution < 1.29 is 29.6 Å². The molecule has 0 saturated carbocycles. The van der Waals surface area contributed by atoms with Crippen LogP contribution in [-0.4, -0.2) is 64.4 Å². The molecule has 0 heterocycles. The summed E-state index contributed by atoms with van der Waals surface area (Å²) in [7, 11) is 0. The van der Waals surface area contributed by atoms with E-state index in [0.717, 1.165) is 0 Å². The van der Waals surface area contributed by atoms with Crippen LogP contribution >= 0.6 is 12.6 Å². The lowest BCUT2D eigenvalue weighted by molar-refractivity contribution is -0.143. The molecular weight excluding hydrogens is 324 g/mol. The van der Waals surface area contributed by atoms with Crippen molar-refractivity contribution in [2.24, 2.45) is 5.73 Å². The third-order valence-corrected chi connectivity index (χ3v) is 3.02.